The van der Waals surface area contributed by atoms with Gasteiger partial charge >= 0.3 is 0 Å². The minimum Gasteiger partial charge on any atom is -0.349 e. The summed E-state index contributed by atoms with van der Waals surface area (Å²) in [4.78, 5) is 18.6. The van der Waals surface area contributed by atoms with E-state index in [0.717, 1.165) is 28.8 Å². The van der Waals surface area contributed by atoms with Gasteiger partial charge in [-0.1, -0.05) is 11.3 Å². The lowest BCUT2D eigenvalue weighted by Crippen LogP contribution is -2.21. The van der Waals surface area contributed by atoms with E-state index in [2.05, 4.69) is 23.7 Å². The normalized spacial score (nSPS) is 9.60. The maximum atomic E-state index is 11.2. The summed E-state index contributed by atoms with van der Waals surface area (Å²) in [6, 6.07) is 0. The summed E-state index contributed by atoms with van der Waals surface area (Å²) in [5.74, 6) is 0.110. The lowest BCUT2D eigenvalue weighted by molar-refractivity contribution is 0.102. The molecule has 0 atom stereocenters. The summed E-state index contributed by atoms with van der Waals surface area (Å²) in [7, 11) is 0. The van der Waals surface area contributed by atoms with Crippen LogP contribution >= 0.6 is 23.7 Å². The van der Waals surface area contributed by atoms with Crippen molar-refractivity contribution in [3.05, 3.63) is 10.6 Å². The Balaban J connectivity index is 0.00000196. The third-order valence-electron chi connectivity index (χ3n) is 2.14. The molecule has 0 saturated carbocycles. The van der Waals surface area contributed by atoms with E-state index in [-0.39, 0.29) is 18.2 Å². The van der Waals surface area contributed by atoms with Gasteiger partial charge in [0.05, 0.1) is 10.6 Å². The zero-order valence-electron chi connectivity index (χ0n) is 9.53. The number of carbonyl (C=O) groups excluding carboxylic acids is 1. The molecule has 0 aliphatic rings. The quantitative estimate of drug-likeness (QED) is 0.769. The predicted molar refractivity (Wildman–Crippen MR) is 67.7 cm³/mol. The summed E-state index contributed by atoms with van der Waals surface area (Å²) < 4.78 is 0. The average Bonchev–Trinajstić information content (AvgIpc) is 2.50. The molecule has 1 aromatic heterocycles. The molecule has 0 aliphatic heterocycles. The van der Waals surface area contributed by atoms with Crippen molar-refractivity contribution in [2.45, 2.75) is 27.7 Å². The van der Waals surface area contributed by atoms with Gasteiger partial charge in [-0.25, -0.2) is 4.98 Å². The van der Waals surface area contributed by atoms with Crippen molar-refractivity contribution < 1.29 is 4.79 Å². The van der Waals surface area contributed by atoms with Gasteiger partial charge < -0.3 is 4.90 Å². The minimum atomic E-state index is 0. The molecule has 3 nitrogen and oxygen atoms in total. The molecular weight excluding hydrogens is 232 g/mol. The van der Waals surface area contributed by atoms with Crippen LogP contribution in [0.25, 0.3) is 0 Å². The van der Waals surface area contributed by atoms with E-state index >= 15 is 0 Å². The number of Topliss-reactive ketones (excluding diaryl/α,β-unsaturated/α-hetero) is 1. The Morgan fingerprint density at radius 2 is 1.93 bits per heavy atom. The highest BCUT2D eigenvalue weighted by Gasteiger charge is 2.14. The molecule has 0 spiro atoms. The first-order valence-electron chi connectivity index (χ1n) is 4.83. The molecule has 1 heterocycles. The highest BCUT2D eigenvalue weighted by atomic mass is 35.5. The first-order valence-corrected chi connectivity index (χ1v) is 5.65. The number of hydrogen-bond donors (Lipinski definition) is 0. The van der Waals surface area contributed by atoms with Crippen LogP contribution < -0.4 is 4.90 Å². The number of thiazole rings is 1. The Labute approximate surface area is 101 Å². The zero-order chi connectivity index (χ0) is 10.7. The summed E-state index contributed by atoms with van der Waals surface area (Å²) >= 11 is 1.49. The Morgan fingerprint density at radius 1 is 1.40 bits per heavy atom. The summed E-state index contributed by atoms with van der Waals surface area (Å²) in [6.45, 7) is 9.52. The van der Waals surface area contributed by atoms with E-state index in [1.165, 1.54) is 11.3 Å². The van der Waals surface area contributed by atoms with Crippen LogP contribution in [0.4, 0.5) is 5.13 Å². The number of anilines is 1. The van der Waals surface area contributed by atoms with Gasteiger partial charge in [0, 0.05) is 20.0 Å². The maximum absolute atomic E-state index is 11.2. The van der Waals surface area contributed by atoms with Gasteiger partial charge in [0.15, 0.2) is 10.9 Å². The largest absolute Gasteiger partial charge is 0.349 e. The van der Waals surface area contributed by atoms with Crippen LogP contribution in [0.15, 0.2) is 0 Å². The summed E-state index contributed by atoms with van der Waals surface area (Å²) in [6.07, 6.45) is 0. The Kier molecular flexibility index (Phi) is 5.83. The van der Waals surface area contributed by atoms with Gasteiger partial charge in [0.25, 0.3) is 0 Å². The summed E-state index contributed by atoms with van der Waals surface area (Å²) in [5.41, 5.74) is 0.851. The fraction of sp³-hybridized carbons (Fsp3) is 0.600. The number of ketones is 1. The van der Waals surface area contributed by atoms with Gasteiger partial charge in [-0.2, -0.15) is 0 Å². The van der Waals surface area contributed by atoms with Gasteiger partial charge in [0.1, 0.15) is 0 Å². The van der Waals surface area contributed by atoms with E-state index in [9.17, 15) is 4.79 Å². The van der Waals surface area contributed by atoms with Crippen molar-refractivity contribution in [1.82, 2.24) is 4.98 Å². The number of halogens is 1. The number of aromatic nitrogens is 1. The van der Waals surface area contributed by atoms with Crippen molar-refractivity contribution in [2.24, 2.45) is 0 Å². The van der Waals surface area contributed by atoms with Crippen molar-refractivity contribution in [3.8, 4) is 0 Å². The molecule has 0 radical (unpaired) electrons. The number of hydrogen-bond acceptors (Lipinski definition) is 4. The second kappa shape index (κ2) is 6.08. The summed E-state index contributed by atoms with van der Waals surface area (Å²) in [5, 5.41) is 0.956. The first-order chi connectivity index (χ1) is 6.60. The molecule has 0 saturated heterocycles. The lowest BCUT2D eigenvalue weighted by Gasteiger charge is -2.16. The van der Waals surface area contributed by atoms with E-state index in [1.807, 2.05) is 6.92 Å². The van der Waals surface area contributed by atoms with E-state index < -0.39 is 0 Å². The van der Waals surface area contributed by atoms with Crippen molar-refractivity contribution >= 4 is 34.7 Å². The smallest absolute Gasteiger partial charge is 0.186 e. The molecule has 1 aromatic rings. The number of aryl methyl sites for hydroxylation is 1. The van der Waals surface area contributed by atoms with Crippen molar-refractivity contribution in [3.63, 3.8) is 0 Å². The van der Waals surface area contributed by atoms with Crippen LogP contribution in [0.2, 0.25) is 0 Å². The molecule has 0 amide bonds. The molecule has 1 rings (SSSR count). The fourth-order valence-electron chi connectivity index (χ4n) is 1.34. The van der Waals surface area contributed by atoms with Crippen LogP contribution in [0.5, 0.6) is 0 Å². The Hall–Kier alpha value is -0.610. The highest BCUT2D eigenvalue weighted by molar-refractivity contribution is 7.17. The van der Waals surface area contributed by atoms with E-state index in [0.29, 0.717) is 0 Å². The van der Waals surface area contributed by atoms with Crippen molar-refractivity contribution in [2.75, 3.05) is 18.0 Å². The molecular formula is C10H17ClN2OS. The minimum absolute atomic E-state index is 0. The third-order valence-corrected chi connectivity index (χ3v) is 3.46. The second-order valence-corrected chi connectivity index (χ2v) is 4.12. The van der Waals surface area contributed by atoms with Gasteiger partial charge in [-0.05, 0) is 20.8 Å². The van der Waals surface area contributed by atoms with Crippen LogP contribution in [0, 0.1) is 6.92 Å². The molecule has 15 heavy (non-hydrogen) atoms. The topological polar surface area (TPSA) is 33.2 Å². The third kappa shape index (κ3) is 3.18. The zero-order valence-corrected chi connectivity index (χ0v) is 11.2. The Morgan fingerprint density at radius 3 is 2.27 bits per heavy atom. The molecule has 0 fully saturated rings. The maximum Gasteiger partial charge on any atom is 0.186 e. The fourth-order valence-corrected chi connectivity index (χ4v) is 2.43. The number of nitrogens with zero attached hydrogens (tertiary/aromatic N) is 2. The van der Waals surface area contributed by atoms with Gasteiger partial charge in [-0.15, -0.1) is 12.4 Å². The van der Waals surface area contributed by atoms with Crippen LogP contribution in [0.1, 0.15) is 36.1 Å². The second-order valence-electron chi connectivity index (χ2n) is 3.14. The molecule has 0 unspecified atom stereocenters. The van der Waals surface area contributed by atoms with E-state index in [1.54, 1.807) is 6.92 Å². The molecule has 0 aromatic carbocycles. The van der Waals surface area contributed by atoms with Crippen LogP contribution in [-0.2, 0) is 0 Å². The molecule has 5 heteroatoms. The lowest BCUT2D eigenvalue weighted by atomic mass is 10.3. The van der Waals surface area contributed by atoms with Gasteiger partial charge in [-0.3, -0.25) is 4.79 Å². The average molecular weight is 249 g/mol. The van der Waals surface area contributed by atoms with Crippen molar-refractivity contribution in [1.29, 1.82) is 0 Å². The SMILES string of the molecule is CCN(CC)c1nc(C)c(C(C)=O)s1.Cl. The van der Waals surface area contributed by atoms with Gasteiger partial charge in [0.2, 0.25) is 0 Å². The Bertz CT molecular complexity index is 334. The molecule has 0 bridgehead atoms. The van der Waals surface area contributed by atoms with Crippen LogP contribution in [-0.4, -0.2) is 23.9 Å². The van der Waals surface area contributed by atoms with E-state index in [4.69, 9.17) is 0 Å². The standard InChI is InChI=1S/C10H16N2OS.ClH/c1-5-12(6-2)10-11-7(3)9(14-10)8(4)13;/h5-6H2,1-4H3;1H. The van der Waals surface area contributed by atoms with Crippen LogP contribution in [0.3, 0.4) is 0 Å². The first kappa shape index (κ1) is 14.4. The predicted octanol–water partition coefficient (Wildman–Crippen LogP) is 2.92. The molecule has 0 aliphatic carbocycles. The highest BCUT2D eigenvalue weighted by Crippen LogP contribution is 2.25. The number of rotatable bonds is 4. The molecule has 86 valence electrons. The molecule has 0 N–H and O–H groups in total. The monoisotopic (exact) mass is 248 g/mol. The number of carbonyl (C=O) groups is 1.